The standard InChI is InChI=1S/C10H14BrN.ClH/c1-2-5-10(12)8-6-3-4-7-9(8)11;/h3-4,6-7,10H,2,5,12H2,1H3;1H/t10-;/m1./s1. The number of nitrogens with two attached hydrogens (primary N) is 1. The highest BCUT2D eigenvalue weighted by atomic mass is 79.9. The Balaban J connectivity index is 0.00000144. The zero-order chi connectivity index (χ0) is 8.97. The van der Waals surface area contributed by atoms with E-state index in [0.717, 1.165) is 17.3 Å². The summed E-state index contributed by atoms with van der Waals surface area (Å²) in [5, 5.41) is 0. The van der Waals surface area contributed by atoms with E-state index >= 15 is 0 Å². The van der Waals surface area contributed by atoms with Crippen LogP contribution in [0.3, 0.4) is 0 Å². The van der Waals surface area contributed by atoms with Crippen LogP contribution in [-0.4, -0.2) is 0 Å². The summed E-state index contributed by atoms with van der Waals surface area (Å²) in [7, 11) is 0. The highest BCUT2D eigenvalue weighted by Crippen LogP contribution is 2.23. The molecule has 0 bridgehead atoms. The Hall–Kier alpha value is -0.0500. The van der Waals surface area contributed by atoms with Gasteiger partial charge >= 0.3 is 0 Å². The fourth-order valence-electron chi connectivity index (χ4n) is 1.24. The second-order valence-corrected chi connectivity index (χ2v) is 3.77. The van der Waals surface area contributed by atoms with Gasteiger partial charge in [-0.15, -0.1) is 12.4 Å². The van der Waals surface area contributed by atoms with E-state index in [2.05, 4.69) is 28.9 Å². The molecule has 1 aromatic rings. The molecule has 0 spiro atoms. The minimum atomic E-state index is 0. The molecule has 0 aliphatic rings. The molecule has 13 heavy (non-hydrogen) atoms. The third kappa shape index (κ3) is 3.67. The number of halogens is 2. The predicted octanol–water partition coefficient (Wildman–Crippen LogP) is 3.67. The average molecular weight is 265 g/mol. The van der Waals surface area contributed by atoms with Gasteiger partial charge in [-0.05, 0) is 18.1 Å². The van der Waals surface area contributed by atoms with Gasteiger partial charge in [0.05, 0.1) is 0 Å². The Labute approximate surface area is 94.3 Å². The van der Waals surface area contributed by atoms with Crippen LogP contribution >= 0.6 is 28.3 Å². The van der Waals surface area contributed by atoms with Crippen molar-refractivity contribution >= 4 is 28.3 Å². The Morgan fingerprint density at radius 3 is 2.54 bits per heavy atom. The van der Waals surface area contributed by atoms with Crippen molar-refractivity contribution in [1.82, 2.24) is 0 Å². The van der Waals surface area contributed by atoms with Gasteiger partial charge in [0.1, 0.15) is 0 Å². The van der Waals surface area contributed by atoms with Crippen molar-refractivity contribution < 1.29 is 0 Å². The summed E-state index contributed by atoms with van der Waals surface area (Å²) in [6, 6.07) is 8.31. The molecule has 0 saturated heterocycles. The van der Waals surface area contributed by atoms with Crippen LogP contribution in [0.5, 0.6) is 0 Å². The number of hydrogen-bond donors (Lipinski definition) is 1. The maximum Gasteiger partial charge on any atom is 0.0305 e. The van der Waals surface area contributed by atoms with Crippen LogP contribution < -0.4 is 5.73 Å². The molecule has 1 aromatic carbocycles. The van der Waals surface area contributed by atoms with Gasteiger partial charge in [-0.25, -0.2) is 0 Å². The van der Waals surface area contributed by atoms with Gasteiger partial charge in [-0.3, -0.25) is 0 Å². The number of benzene rings is 1. The quantitative estimate of drug-likeness (QED) is 0.886. The fraction of sp³-hybridized carbons (Fsp3) is 0.400. The second kappa shape index (κ2) is 6.41. The van der Waals surface area contributed by atoms with Gasteiger partial charge < -0.3 is 5.73 Å². The molecule has 0 aliphatic carbocycles. The van der Waals surface area contributed by atoms with E-state index in [1.807, 2.05) is 18.2 Å². The van der Waals surface area contributed by atoms with Crippen LogP contribution in [0.4, 0.5) is 0 Å². The van der Waals surface area contributed by atoms with Crippen molar-refractivity contribution in [3.8, 4) is 0 Å². The van der Waals surface area contributed by atoms with Crippen molar-refractivity contribution in [3.05, 3.63) is 34.3 Å². The topological polar surface area (TPSA) is 26.0 Å². The van der Waals surface area contributed by atoms with E-state index in [9.17, 15) is 0 Å². The molecule has 0 amide bonds. The van der Waals surface area contributed by atoms with Gasteiger partial charge in [0.2, 0.25) is 0 Å². The monoisotopic (exact) mass is 263 g/mol. The Morgan fingerprint density at radius 1 is 1.38 bits per heavy atom. The molecule has 0 unspecified atom stereocenters. The highest BCUT2D eigenvalue weighted by Gasteiger charge is 2.06. The second-order valence-electron chi connectivity index (χ2n) is 2.92. The first-order valence-electron chi connectivity index (χ1n) is 4.25. The summed E-state index contributed by atoms with van der Waals surface area (Å²) >= 11 is 3.49. The molecule has 2 N–H and O–H groups in total. The predicted molar refractivity (Wildman–Crippen MR) is 63.2 cm³/mol. The van der Waals surface area contributed by atoms with Crippen molar-refractivity contribution in [1.29, 1.82) is 0 Å². The molecule has 3 heteroatoms. The summed E-state index contributed by atoms with van der Waals surface area (Å²) in [6.45, 7) is 2.15. The molecular weight excluding hydrogens is 249 g/mol. The highest BCUT2D eigenvalue weighted by molar-refractivity contribution is 9.10. The van der Waals surface area contributed by atoms with Crippen LogP contribution in [0.1, 0.15) is 31.4 Å². The molecule has 0 saturated carbocycles. The molecule has 0 radical (unpaired) electrons. The minimum Gasteiger partial charge on any atom is -0.324 e. The van der Waals surface area contributed by atoms with Crippen molar-refractivity contribution in [2.75, 3.05) is 0 Å². The average Bonchev–Trinajstić information content (AvgIpc) is 2.05. The maximum atomic E-state index is 5.98. The largest absolute Gasteiger partial charge is 0.324 e. The SMILES string of the molecule is CCC[C@@H](N)c1ccccc1Br.Cl. The molecule has 0 fully saturated rings. The normalized spacial score (nSPS) is 11.9. The Morgan fingerprint density at radius 2 is 2.00 bits per heavy atom. The van der Waals surface area contributed by atoms with E-state index < -0.39 is 0 Å². The molecule has 1 nitrogen and oxygen atoms in total. The van der Waals surface area contributed by atoms with Gasteiger partial charge in [0, 0.05) is 10.5 Å². The van der Waals surface area contributed by atoms with Crippen molar-refractivity contribution in [3.63, 3.8) is 0 Å². The van der Waals surface area contributed by atoms with Gasteiger partial charge in [0.25, 0.3) is 0 Å². The first kappa shape index (κ1) is 12.9. The van der Waals surface area contributed by atoms with Crippen molar-refractivity contribution in [2.24, 2.45) is 5.73 Å². The van der Waals surface area contributed by atoms with E-state index in [1.165, 1.54) is 5.56 Å². The van der Waals surface area contributed by atoms with Gasteiger partial charge in [0.15, 0.2) is 0 Å². The van der Waals surface area contributed by atoms with Crippen LogP contribution in [0.15, 0.2) is 28.7 Å². The number of hydrogen-bond acceptors (Lipinski definition) is 1. The van der Waals surface area contributed by atoms with Gasteiger partial charge in [-0.2, -0.15) is 0 Å². The van der Waals surface area contributed by atoms with Crippen molar-refractivity contribution in [2.45, 2.75) is 25.8 Å². The summed E-state index contributed by atoms with van der Waals surface area (Å²) < 4.78 is 1.12. The maximum absolute atomic E-state index is 5.98. The zero-order valence-corrected chi connectivity index (χ0v) is 10.1. The molecule has 0 heterocycles. The van der Waals surface area contributed by atoms with Crippen LogP contribution in [0, 0.1) is 0 Å². The lowest BCUT2D eigenvalue weighted by Gasteiger charge is -2.11. The van der Waals surface area contributed by atoms with Crippen LogP contribution in [0.2, 0.25) is 0 Å². The Kier molecular flexibility index (Phi) is 6.39. The van der Waals surface area contributed by atoms with Crippen LogP contribution in [0.25, 0.3) is 0 Å². The zero-order valence-electron chi connectivity index (χ0n) is 7.66. The summed E-state index contributed by atoms with van der Waals surface area (Å²) in [6.07, 6.45) is 2.17. The lowest BCUT2D eigenvalue weighted by molar-refractivity contribution is 0.636. The van der Waals surface area contributed by atoms with E-state index in [-0.39, 0.29) is 18.4 Å². The van der Waals surface area contributed by atoms with Crippen LogP contribution in [-0.2, 0) is 0 Å². The van der Waals surface area contributed by atoms with E-state index in [4.69, 9.17) is 5.73 Å². The summed E-state index contributed by atoms with van der Waals surface area (Å²) in [4.78, 5) is 0. The molecule has 0 aliphatic heterocycles. The molecule has 1 rings (SSSR count). The summed E-state index contributed by atoms with van der Waals surface area (Å²) in [5.74, 6) is 0. The molecule has 0 aromatic heterocycles. The van der Waals surface area contributed by atoms with Gasteiger partial charge in [-0.1, -0.05) is 47.5 Å². The lowest BCUT2D eigenvalue weighted by atomic mass is 10.0. The van der Waals surface area contributed by atoms with E-state index in [1.54, 1.807) is 0 Å². The smallest absolute Gasteiger partial charge is 0.0305 e. The Bertz CT molecular complexity index is 252. The number of rotatable bonds is 3. The molecule has 1 atom stereocenters. The summed E-state index contributed by atoms with van der Waals surface area (Å²) in [5.41, 5.74) is 7.18. The lowest BCUT2D eigenvalue weighted by Crippen LogP contribution is -2.09. The third-order valence-electron chi connectivity index (χ3n) is 1.90. The molecule has 74 valence electrons. The fourth-order valence-corrected chi connectivity index (χ4v) is 1.82. The third-order valence-corrected chi connectivity index (χ3v) is 2.63. The molecular formula is C10H15BrClN. The van der Waals surface area contributed by atoms with E-state index in [0.29, 0.717) is 0 Å². The minimum absolute atomic E-state index is 0. The first-order chi connectivity index (χ1) is 5.75. The first-order valence-corrected chi connectivity index (χ1v) is 5.05.